The number of hydrogen-bond donors (Lipinski definition) is 6. The summed E-state index contributed by atoms with van der Waals surface area (Å²) in [6.45, 7) is 11.8. The van der Waals surface area contributed by atoms with Crippen molar-refractivity contribution in [2.75, 3.05) is 21.1 Å². The minimum absolute atomic E-state index is 0. The second-order valence-corrected chi connectivity index (χ2v) is 15.2. The Labute approximate surface area is 381 Å². The monoisotopic (exact) mass is 903 g/mol. The number of esters is 2. The molecular formula is C49H65N3O13. The van der Waals surface area contributed by atoms with Crippen molar-refractivity contribution < 1.29 is 63.3 Å². The summed E-state index contributed by atoms with van der Waals surface area (Å²) in [5.74, 6) is 0.538. The van der Waals surface area contributed by atoms with Crippen LogP contribution >= 0.6 is 0 Å². The van der Waals surface area contributed by atoms with Crippen LogP contribution in [-0.4, -0.2) is 71.8 Å². The number of phenolic OH excluding ortho intramolecular Hbond substituents is 4. The third-order valence-corrected chi connectivity index (χ3v) is 10.2. The van der Waals surface area contributed by atoms with Gasteiger partial charge in [-0.05, 0) is 120 Å². The van der Waals surface area contributed by atoms with Gasteiger partial charge in [-0.1, -0.05) is 73.2 Å². The highest BCUT2D eigenvalue weighted by Crippen LogP contribution is 2.34. The molecule has 4 rings (SSSR count). The van der Waals surface area contributed by atoms with Gasteiger partial charge < -0.3 is 50.0 Å². The second-order valence-electron chi connectivity index (χ2n) is 15.2. The highest BCUT2D eigenvalue weighted by Gasteiger charge is 2.20. The van der Waals surface area contributed by atoms with Gasteiger partial charge in [-0.15, -0.1) is 0 Å². The van der Waals surface area contributed by atoms with Crippen LogP contribution in [0.15, 0.2) is 77.8 Å². The van der Waals surface area contributed by atoms with Gasteiger partial charge in [0.05, 0.1) is 0 Å². The van der Waals surface area contributed by atoms with Crippen LogP contribution in [0.5, 0.6) is 46.0 Å². The summed E-state index contributed by atoms with van der Waals surface area (Å²) in [5, 5.41) is 42.5. The molecule has 0 aliphatic rings. The topological polar surface area (TPSA) is 240 Å². The van der Waals surface area contributed by atoms with Gasteiger partial charge in [0.1, 0.15) is 0 Å². The molecule has 0 unspecified atom stereocenters. The largest absolute Gasteiger partial charge is 0.504 e. The third kappa shape index (κ3) is 19.5. The van der Waals surface area contributed by atoms with Crippen LogP contribution in [-0.2, 0) is 40.1 Å². The maximum atomic E-state index is 11.9. The Balaban J connectivity index is 0.000000659. The molecule has 0 fully saturated rings. The molecule has 0 aromatic heterocycles. The molecule has 4 aromatic rings. The summed E-state index contributed by atoms with van der Waals surface area (Å²) in [4.78, 5) is 59.0. The van der Waals surface area contributed by atoms with Crippen LogP contribution in [0.3, 0.4) is 0 Å². The molecule has 0 aliphatic carbocycles. The standard InChI is InChI=1S/C28H36N2O8.C18H22O4.C2H3NO.CH4/c1-7-25(31)35-21-11-9-20(16-24(21)38-28(34)30-6)14-18(4)17(3)13-19-10-12-22(37-27(33)29-5)23(15-19)36-26(32)8-2;1-11(7-13-3-5-15(19)17(21)9-13)12(2)8-14-4-6-16(20)18(22)10-14;1-3-2-4;/h9-12,15-18H,7-8,13-14H2,1-6H3,(H,29,33)(H,30,34);3-6,9-12,19-22H,7-8H2,1-2H3;1H3;1H4/t17-,18+;11-,12+;;/m0.../s1. The first-order valence-corrected chi connectivity index (χ1v) is 20.8. The number of benzene rings is 4. The highest BCUT2D eigenvalue weighted by atomic mass is 16.6. The van der Waals surface area contributed by atoms with Gasteiger partial charge in [-0.2, -0.15) is 0 Å². The van der Waals surface area contributed by atoms with E-state index in [0.717, 1.165) is 35.1 Å². The van der Waals surface area contributed by atoms with Gasteiger partial charge in [-0.25, -0.2) is 19.4 Å². The van der Waals surface area contributed by atoms with Crippen molar-refractivity contribution in [3.63, 3.8) is 0 Å². The summed E-state index contributed by atoms with van der Waals surface area (Å²) in [6.07, 6.45) is 3.27. The lowest BCUT2D eigenvalue weighted by atomic mass is 9.85. The Hall–Kier alpha value is -7.06. The second kappa shape index (κ2) is 28.6. The first-order chi connectivity index (χ1) is 30.4. The van der Waals surface area contributed by atoms with Crippen molar-refractivity contribution in [2.24, 2.45) is 28.7 Å². The number of carbonyl (C=O) groups excluding carboxylic acids is 5. The molecule has 16 nitrogen and oxygen atoms in total. The molecule has 0 radical (unpaired) electrons. The van der Waals surface area contributed by atoms with Gasteiger partial charge in [0, 0.05) is 34.0 Å². The molecule has 4 atom stereocenters. The molecule has 0 bridgehead atoms. The maximum absolute atomic E-state index is 11.9. The first-order valence-electron chi connectivity index (χ1n) is 20.8. The Kier molecular flexibility index (Phi) is 24.6. The van der Waals surface area contributed by atoms with E-state index in [2.05, 4.69) is 43.3 Å². The van der Waals surface area contributed by atoms with E-state index < -0.39 is 24.1 Å². The fraction of sp³-hybridized carbons (Fsp3) is 0.408. The van der Waals surface area contributed by atoms with Crippen molar-refractivity contribution in [3.8, 4) is 46.0 Å². The molecule has 2 amide bonds. The van der Waals surface area contributed by atoms with Crippen molar-refractivity contribution in [3.05, 3.63) is 95.1 Å². The number of aliphatic imine (C=N–C) groups is 1. The summed E-state index contributed by atoms with van der Waals surface area (Å²) in [5.41, 5.74) is 3.77. The average Bonchev–Trinajstić information content (AvgIpc) is 3.27. The number of ether oxygens (including phenoxy) is 4. The number of isocyanates is 1. The lowest BCUT2D eigenvalue weighted by Gasteiger charge is -2.21. The molecule has 0 heterocycles. The Morgan fingerprint density at radius 1 is 0.523 bits per heavy atom. The van der Waals surface area contributed by atoms with Crippen molar-refractivity contribution >= 4 is 30.2 Å². The van der Waals surface area contributed by atoms with E-state index in [1.54, 1.807) is 50.2 Å². The Bertz CT molecular complexity index is 2070. The SMILES string of the molecule is C.CCC(=O)Oc1cc(C[C@H](C)[C@H](C)Cc2ccc(OC(=O)CC)c(OC(=O)NC)c2)ccc1OC(=O)NC.CN=C=O.C[C@H](Cc1ccc(O)c(O)c1)[C@@H](C)Cc1ccc(O)c(O)c1. The van der Waals surface area contributed by atoms with E-state index in [1.165, 1.54) is 39.4 Å². The van der Waals surface area contributed by atoms with Crippen LogP contribution in [0.2, 0.25) is 0 Å². The predicted octanol–water partition coefficient (Wildman–Crippen LogP) is 8.97. The molecule has 0 spiro atoms. The normalized spacial score (nSPS) is 12.0. The van der Waals surface area contributed by atoms with Gasteiger partial charge in [0.25, 0.3) is 0 Å². The quantitative estimate of drug-likeness (QED) is 0.0203. The number of aromatic hydroxyl groups is 4. The molecule has 16 heteroatoms. The predicted molar refractivity (Wildman–Crippen MR) is 247 cm³/mol. The number of rotatable bonds is 16. The van der Waals surface area contributed by atoms with Gasteiger partial charge >= 0.3 is 24.1 Å². The van der Waals surface area contributed by atoms with Crippen molar-refractivity contribution in [2.45, 2.75) is 87.5 Å². The van der Waals surface area contributed by atoms with Gasteiger partial charge in [-0.3, -0.25) is 9.59 Å². The highest BCUT2D eigenvalue weighted by molar-refractivity contribution is 5.76. The zero-order valence-corrected chi connectivity index (χ0v) is 37.9. The van der Waals surface area contributed by atoms with Gasteiger partial charge in [0.2, 0.25) is 6.08 Å². The summed E-state index contributed by atoms with van der Waals surface area (Å²) in [7, 11) is 4.27. The van der Waals surface area contributed by atoms with Crippen LogP contribution in [0.25, 0.3) is 0 Å². The van der Waals surface area contributed by atoms with Crippen LogP contribution in [0, 0.1) is 23.7 Å². The van der Waals surface area contributed by atoms with Crippen LogP contribution in [0.1, 0.15) is 84.1 Å². The van der Waals surface area contributed by atoms with Crippen LogP contribution in [0.4, 0.5) is 9.59 Å². The summed E-state index contributed by atoms with van der Waals surface area (Å²) < 4.78 is 21.2. The van der Waals surface area contributed by atoms with Crippen LogP contribution < -0.4 is 29.6 Å². The smallest absolute Gasteiger partial charge is 0.412 e. The average molecular weight is 904 g/mol. The van der Waals surface area contributed by atoms with E-state index >= 15 is 0 Å². The Morgan fingerprint density at radius 3 is 1.14 bits per heavy atom. The molecule has 6 N–H and O–H groups in total. The number of phenols is 4. The van der Waals surface area contributed by atoms with E-state index in [4.69, 9.17) is 23.7 Å². The number of nitrogens with zero attached hydrogens (tertiary/aromatic N) is 1. The van der Waals surface area contributed by atoms with Crippen molar-refractivity contribution in [1.29, 1.82) is 0 Å². The third-order valence-electron chi connectivity index (χ3n) is 10.2. The molecule has 354 valence electrons. The molecular weight excluding hydrogens is 839 g/mol. The number of nitrogens with one attached hydrogen (secondary N) is 2. The lowest BCUT2D eigenvalue weighted by Crippen LogP contribution is -2.23. The summed E-state index contributed by atoms with van der Waals surface area (Å²) >= 11 is 0. The number of amides is 2. The molecule has 4 aromatic carbocycles. The summed E-state index contributed by atoms with van der Waals surface area (Å²) in [6, 6.07) is 20.1. The van der Waals surface area contributed by atoms with E-state index in [1.807, 2.05) is 24.3 Å². The molecule has 0 saturated carbocycles. The number of hydrogen-bond acceptors (Lipinski definition) is 14. The van der Waals surface area contributed by atoms with Gasteiger partial charge in [0.15, 0.2) is 46.0 Å². The van der Waals surface area contributed by atoms with E-state index in [9.17, 15) is 39.6 Å². The van der Waals surface area contributed by atoms with Crippen molar-refractivity contribution in [1.82, 2.24) is 10.6 Å². The minimum Gasteiger partial charge on any atom is -0.504 e. The van der Waals surface area contributed by atoms with E-state index in [-0.39, 0.29) is 78.1 Å². The minimum atomic E-state index is -0.666. The zero-order valence-electron chi connectivity index (χ0n) is 37.9. The number of carbonyl (C=O) groups is 4. The molecule has 65 heavy (non-hydrogen) atoms. The fourth-order valence-corrected chi connectivity index (χ4v) is 6.06. The molecule has 0 saturated heterocycles. The zero-order chi connectivity index (χ0) is 47.9. The van der Waals surface area contributed by atoms with E-state index in [0.29, 0.717) is 24.7 Å². The maximum Gasteiger partial charge on any atom is 0.412 e. The first kappa shape index (κ1) is 56.0. The lowest BCUT2D eigenvalue weighted by molar-refractivity contribution is -0.135. The Morgan fingerprint density at radius 2 is 0.815 bits per heavy atom. The molecule has 0 aliphatic heterocycles. The fourth-order valence-electron chi connectivity index (χ4n) is 6.06.